The Kier molecular flexibility index (Phi) is 6.25. The number of ether oxygens (including phenoxy) is 1. The molecule has 0 saturated carbocycles. The molecule has 1 aromatic carbocycles. The molecule has 0 aliphatic rings. The Bertz CT molecular complexity index is 526. The average molecular weight is 297 g/mol. The van der Waals surface area contributed by atoms with Gasteiger partial charge in [0, 0.05) is 23.3 Å². The maximum absolute atomic E-state index is 11.5. The van der Waals surface area contributed by atoms with Crippen LogP contribution < -0.4 is 10.6 Å². The molecule has 0 aliphatic heterocycles. The Labute approximate surface area is 120 Å². The maximum Gasteiger partial charge on any atom is 0.330 e. The number of rotatable bonds is 4. The van der Waals surface area contributed by atoms with Gasteiger partial charge in [0.15, 0.2) is 0 Å². The first-order valence-corrected chi connectivity index (χ1v) is 6.00. The van der Waals surface area contributed by atoms with Gasteiger partial charge in [-0.2, -0.15) is 0 Å². The third-order valence-corrected chi connectivity index (χ3v) is 2.40. The highest BCUT2D eigenvalue weighted by Crippen LogP contribution is 2.12. The standard InChI is InChI=1S/C13H13ClN2O4/c1-20-11(17)3-2-8-15-12(18)13(19)16-10-6-4-9(14)5-7-10/h2-7H,8H2,1H3,(H,15,18)(H,16,19)/b3-2+. The number of benzene rings is 1. The molecule has 1 rings (SSSR count). The van der Waals surface area contributed by atoms with Crippen LogP contribution in [0.15, 0.2) is 36.4 Å². The minimum atomic E-state index is -0.811. The van der Waals surface area contributed by atoms with Gasteiger partial charge in [-0.3, -0.25) is 9.59 Å². The smallest absolute Gasteiger partial charge is 0.330 e. The summed E-state index contributed by atoms with van der Waals surface area (Å²) in [6.07, 6.45) is 2.52. The number of hydrogen-bond donors (Lipinski definition) is 2. The summed E-state index contributed by atoms with van der Waals surface area (Å²) in [5, 5.41) is 5.25. The Morgan fingerprint density at radius 2 is 1.85 bits per heavy atom. The second kappa shape index (κ2) is 7.96. The quantitative estimate of drug-likeness (QED) is 0.495. The molecule has 0 fully saturated rings. The highest BCUT2D eigenvalue weighted by molar-refractivity contribution is 6.39. The van der Waals surface area contributed by atoms with Gasteiger partial charge in [0.25, 0.3) is 0 Å². The molecule has 0 spiro atoms. The molecule has 0 heterocycles. The largest absolute Gasteiger partial charge is 0.466 e. The summed E-state index contributed by atoms with van der Waals surface area (Å²) < 4.78 is 4.36. The molecular weight excluding hydrogens is 284 g/mol. The normalized spacial score (nSPS) is 10.1. The molecule has 0 unspecified atom stereocenters. The molecule has 0 radical (unpaired) electrons. The predicted octanol–water partition coefficient (Wildman–Crippen LogP) is 1.12. The number of nitrogens with one attached hydrogen (secondary N) is 2. The number of amides is 2. The van der Waals surface area contributed by atoms with Gasteiger partial charge in [0.1, 0.15) is 0 Å². The molecule has 0 bridgehead atoms. The van der Waals surface area contributed by atoms with Crippen molar-refractivity contribution >= 4 is 35.1 Å². The van der Waals surface area contributed by atoms with Crippen molar-refractivity contribution in [1.29, 1.82) is 0 Å². The van der Waals surface area contributed by atoms with Crippen LogP contribution in [0.4, 0.5) is 5.69 Å². The molecule has 1 aromatic rings. The number of esters is 1. The van der Waals surface area contributed by atoms with E-state index in [0.29, 0.717) is 10.7 Å². The summed E-state index contributed by atoms with van der Waals surface area (Å²) in [5.74, 6) is -2.15. The topological polar surface area (TPSA) is 84.5 Å². The van der Waals surface area contributed by atoms with Crippen molar-refractivity contribution in [1.82, 2.24) is 5.32 Å². The summed E-state index contributed by atoms with van der Waals surface area (Å²) in [6.45, 7) is 0.0436. The first kappa shape index (κ1) is 15.7. The van der Waals surface area contributed by atoms with Crippen LogP contribution in [-0.4, -0.2) is 31.4 Å². The second-order valence-electron chi connectivity index (χ2n) is 3.60. The van der Waals surface area contributed by atoms with Crippen LogP contribution >= 0.6 is 11.6 Å². The highest BCUT2D eigenvalue weighted by atomic mass is 35.5. The van der Waals surface area contributed by atoms with Crippen LogP contribution in [0.2, 0.25) is 5.02 Å². The van der Waals surface area contributed by atoms with Gasteiger partial charge in [0.05, 0.1) is 7.11 Å². The van der Waals surface area contributed by atoms with Gasteiger partial charge in [-0.1, -0.05) is 17.7 Å². The number of hydrogen-bond acceptors (Lipinski definition) is 4. The van der Waals surface area contributed by atoms with E-state index in [2.05, 4.69) is 15.4 Å². The van der Waals surface area contributed by atoms with E-state index in [4.69, 9.17) is 11.6 Å². The van der Waals surface area contributed by atoms with Gasteiger partial charge in [-0.15, -0.1) is 0 Å². The molecule has 20 heavy (non-hydrogen) atoms. The van der Waals surface area contributed by atoms with Crippen molar-refractivity contribution in [3.63, 3.8) is 0 Å². The first-order valence-electron chi connectivity index (χ1n) is 5.62. The van der Waals surface area contributed by atoms with Crippen molar-refractivity contribution in [2.45, 2.75) is 0 Å². The van der Waals surface area contributed by atoms with Crippen molar-refractivity contribution in [2.24, 2.45) is 0 Å². The minimum Gasteiger partial charge on any atom is -0.466 e. The number of carbonyl (C=O) groups is 3. The molecule has 7 heteroatoms. The van der Waals surface area contributed by atoms with E-state index >= 15 is 0 Å². The second-order valence-corrected chi connectivity index (χ2v) is 4.03. The van der Waals surface area contributed by atoms with Crippen molar-refractivity contribution < 1.29 is 19.1 Å². The Morgan fingerprint density at radius 1 is 1.20 bits per heavy atom. The third-order valence-electron chi connectivity index (χ3n) is 2.14. The van der Waals surface area contributed by atoms with Crippen LogP contribution in [0, 0.1) is 0 Å². The molecule has 0 atom stereocenters. The summed E-state index contributed by atoms with van der Waals surface area (Å²) in [4.78, 5) is 33.7. The van der Waals surface area contributed by atoms with Crippen molar-refractivity contribution in [2.75, 3.05) is 19.0 Å². The maximum atomic E-state index is 11.5. The van der Waals surface area contributed by atoms with Crippen LogP contribution in [-0.2, 0) is 19.1 Å². The zero-order valence-corrected chi connectivity index (χ0v) is 11.4. The summed E-state index contributed by atoms with van der Waals surface area (Å²) in [5.41, 5.74) is 0.458. The van der Waals surface area contributed by atoms with Crippen molar-refractivity contribution in [3.05, 3.63) is 41.4 Å². The fourth-order valence-electron chi connectivity index (χ4n) is 1.18. The lowest BCUT2D eigenvalue weighted by atomic mass is 10.3. The lowest BCUT2D eigenvalue weighted by Gasteiger charge is -2.04. The van der Waals surface area contributed by atoms with E-state index < -0.39 is 17.8 Å². The monoisotopic (exact) mass is 296 g/mol. The molecule has 0 aliphatic carbocycles. The summed E-state index contributed by atoms with van der Waals surface area (Å²) in [7, 11) is 1.24. The van der Waals surface area contributed by atoms with Gasteiger partial charge >= 0.3 is 17.8 Å². The third kappa shape index (κ3) is 5.53. The fourth-order valence-corrected chi connectivity index (χ4v) is 1.30. The van der Waals surface area contributed by atoms with Crippen LogP contribution in [0.3, 0.4) is 0 Å². The average Bonchev–Trinajstić information content (AvgIpc) is 2.45. The van der Waals surface area contributed by atoms with E-state index in [1.807, 2.05) is 0 Å². The molecule has 6 nitrogen and oxygen atoms in total. The first-order chi connectivity index (χ1) is 9.52. The molecule has 2 amide bonds. The highest BCUT2D eigenvalue weighted by Gasteiger charge is 2.12. The molecule has 106 valence electrons. The predicted molar refractivity (Wildman–Crippen MR) is 74.2 cm³/mol. The molecular formula is C13H13ClN2O4. The fraction of sp³-hybridized carbons (Fsp3) is 0.154. The lowest BCUT2D eigenvalue weighted by molar-refractivity contribution is -0.136. The Hall–Kier alpha value is -2.34. The lowest BCUT2D eigenvalue weighted by Crippen LogP contribution is -2.35. The van der Waals surface area contributed by atoms with E-state index in [9.17, 15) is 14.4 Å². The van der Waals surface area contributed by atoms with Gasteiger partial charge in [0.2, 0.25) is 0 Å². The summed E-state index contributed by atoms with van der Waals surface area (Å²) in [6, 6.07) is 6.33. The van der Waals surface area contributed by atoms with Crippen LogP contribution in [0.25, 0.3) is 0 Å². The van der Waals surface area contributed by atoms with Crippen molar-refractivity contribution in [3.8, 4) is 0 Å². The number of halogens is 1. The summed E-state index contributed by atoms with van der Waals surface area (Å²) >= 11 is 5.70. The van der Waals surface area contributed by atoms with Crippen LogP contribution in [0.1, 0.15) is 0 Å². The zero-order valence-electron chi connectivity index (χ0n) is 10.7. The minimum absolute atomic E-state index is 0.0436. The van der Waals surface area contributed by atoms with Gasteiger partial charge in [-0.25, -0.2) is 4.79 Å². The SMILES string of the molecule is COC(=O)/C=C/CNC(=O)C(=O)Nc1ccc(Cl)cc1. The van der Waals surface area contributed by atoms with Gasteiger partial charge < -0.3 is 15.4 Å². The van der Waals surface area contributed by atoms with Crippen LogP contribution in [0.5, 0.6) is 0 Å². The zero-order chi connectivity index (χ0) is 15.0. The Balaban J connectivity index is 2.40. The molecule has 2 N–H and O–H groups in total. The molecule has 0 aromatic heterocycles. The number of methoxy groups -OCH3 is 1. The Morgan fingerprint density at radius 3 is 2.45 bits per heavy atom. The molecule has 0 saturated heterocycles. The van der Waals surface area contributed by atoms with Gasteiger partial charge in [-0.05, 0) is 24.3 Å². The van der Waals surface area contributed by atoms with E-state index in [1.54, 1.807) is 24.3 Å². The van der Waals surface area contributed by atoms with E-state index in [0.717, 1.165) is 6.08 Å². The van der Waals surface area contributed by atoms with E-state index in [-0.39, 0.29) is 6.54 Å². The number of anilines is 1. The number of carbonyl (C=O) groups excluding carboxylic acids is 3. The van der Waals surface area contributed by atoms with E-state index in [1.165, 1.54) is 13.2 Å².